The molecule has 2 rings (SSSR count). The van der Waals surface area contributed by atoms with Crippen molar-refractivity contribution in [2.45, 2.75) is 63.5 Å². The largest absolute Gasteiger partial charge is 0.376 e. The summed E-state index contributed by atoms with van der Waals surface area (Å²) in [5.74, 6) is 0.768. The number of nitrogens with one attached hydrogen (secondary N) is 2. The van der Waals surface area contributed by atoms with Crippen LogP contribution in [-0.4, -0.2) is 62.7 Å². The Kier molecular flexibility index (Phi) is 10.6. The van der Waals surface area contributed by atoms with E-state index in [0.717, 1.165) is 32.0 Å². The van der Waals surface area contributed by atoms with Gasteiger partial charge in [-0.3, -0.25) is 4.79 Å². The zero-order chi connectivity index (χ0) is 16.5. The molecule has 1 amide bonds. The van der Waals surface area contributed by atoms with Crippen LogP contribution in [0.2, 0.25) is 0 Å². The molecule has 1 saturated heterocycles. The molecule has 0 radical (unpaired) electrons. The van der Waals surface area contributed by atoms with Crippen molar-refractivity contribution < 1.29 is 9.53 Å². The van der Waals surface area contributed by atoms with Crippen LogP contribution in [0.25, 0.3) is 0 Å². The van der Waals surface area contributed by atoms with Gasteiger partial charge < -0.3 is 20.3 Å². The van der Waals surface area contributed by atoms with E-state index in [1.54, 1.807) is 19.0 Å². The smallest absolute Gasteiger partial charge is 0.243 e. The maximum absolute atomic E-state index is 11.8. The van der Waals surface area contributed by atoms with Gasteiger partial charge in [0, 0.05) is 33.3 Å². The number of carbonyl (C=O) groups is 1. The molecule has 0 spiro atoms. The van der Waals surface area contributed by atoms with Crippen molar-refractivity contribution in [3.63, 3.8) is 0 Å². The summed E-state index contributed by atoms with van der Waals surface area (Å²) in [6.45, 7) is 1.79. The van der Waals surface area contributed by atoms with Gasteiger partial charge in [0.1, 0.15) is 6.54 Å². The molecule has 1 saturated carbocycles. The van der Waals surface area contributed by atoms with E-state index in [2.05, 4.69) is 15.6 Å². The number of nitrogens with zero attached hydrogens (tertiary/aromatic N) is 2. The molecular formula is C17H33IN4O2. The summed E-state index contributed by atoms with van der Waals surface area (Å²) in [6.07, 6.45) is 9.98. The molecule has 0 aromatic carbocycles. The Hall–Kier alpha value is -0.570. The van der Waals surface area contributed by atoms with Crippen LogP contribution in [0.4, 0.5) is 0 Å². The first-order valence-corrected chi connectivity index (χ1v) is 9.02. The van der Waals surface area contributed by atoms with E-state index in [0.29, 0.717) is 6.04 Å². The van der Waals surface area contributed by atoms with Gasteiger partial charge in [0.05, 0.1) is 6.10 Å². The standard InChI is InChI=1S/C17H32N4O2.HI/c1-21(2)16(22)13-19-17(20-14-8-4-3-5-9-14)18-12-15-10-6-7-11-23-15;/h14-15H,3-13H2,1-2H3,(H2,18,19,20);1H. The first-order chi connectivity index (χ1) is 11.1. The van der Waals surface area contributed by atoms with Crippen LogP contribution in [0.1, 0.15) is 51.4 Å². The van der Waals surface area contributed by atoms with Crippen LogP contribution in [0.3, 0.4) is 0 Å². The maximum atomic E-state index is 11.8. The van der Waals surface area contributed by atoms with Gasteiger partial charge in [-0.1, -0.05) is 19.3 Å². The van der Waals surface area contributed by atoms with Crippen molar-refractivity contribution in [3.8, 4) is 0 Å². The van der Waals surface area contributed by atoms with Crippen LogP contribution < -0.4 is 10.6 Å². The number of rotatable bonds is 5. The van der Waals surface area contributed by atoms with Crippen molar-refractivity contribution in [2.24, 2.45) is 4.99 Å². The van der Waals surface area contributed by atoms with Crippen LogP contribution >= 0.6 is 24.0 Å². The number of ether oxygens (including phenoxy) is 1. The molecule has 2 fully saturated rings. The Labute approximate surface area is 163 Å². The van der Waals surface area contributed by atoms with Crippen molar-refractivity contribution in [1.82, 2.24) is 15.5 Å². The normalized spacial score (nSPS) is 22.4. The average Bonchev–Trinajstić information content (AvgIpc) is 2.58. The van der Waals surface area contributed by atoms with Crippen molar-refractivity contribution in [1.29, 1.82) is 0 Å². The molecule has 2 N–H and O–H groups in total. The minimum Gasteiger partial charge on any atom is -0.376 e. The number of amides is 1. The second-order valence-electron chi connectivity index (χ2n) is 6.80. The van der Waals surface area contributed by atoms with Gasteiger partial charge in [-0.2, -0.15) is 0 Å². The van der Waals surface area contributed by atoms with E-state index in [1.165, 1.54) is 38.5 Å². The van der Waals surface area contributed by atoms with E-state index in [4.69, 9.17) is 4.74 Å². The fourth-order valence-corrected chi connectivity index (χ4v) is 3.06. The first kappa shape index (κ1) is 21.5. The zero-order valence-corrected chi connectivity index (χ0v) is 17.4. The number of hydrogen-bond acceptors (Lipinski definition) is 3. The number of aliphatic imine (C=N–C) groups is 1. The summed E-state index contributed by atoms with van der Waals surface area (Å²) >= 11 is 0. The van der Waals surface area contributed by atoms with Gasteiger partial charge in [0.2, 0.25) is 5.91 Å². The lowest BCUT2D eigenvalue weighted by atomic mass is 9.96. The third kappa shape index (κ3) is 8.00. The molecule has 6 nitrogen and oxygen atoms in total. The summed E-state index contributed by atoms with van der Waals surface area (Å²) in [4.78, 5) is 17.8. The summed E-state index contributed by atoms with van der Waals surface area (Å²) in [5, 5.41) is 6.88. The molecule has 0 bridgehead atoms. The predicted octanol–water partition coefficient (Wildman–Crippen LogP) is 2.13. The first-order valence-electron chi connectivity index (χ1n) is 9.02. The molecule has 2 aliphatic rings. The molecule has 140 valence electrons. The van der Waals surface area contributed by atoms with Gasteiger partial charge in [-0.25, -0.2) is 4.99 Å². The molecular weight excluding hydrogens is 419 g/mol. The highest BCUT2D eigenvalue weighted by molar-refractivity contribution is 14.0. The number of guanidine groups is 1. The topological polar surface area (TPSA) is 66.0 Å². The minimum atomic E-state index is 0. The van der Waals surface area contributed by atoms with Gasteiger partial charge >= 0.3 is 0 Å². The number of carbonyl (C=O) groups excluding carboxylic acids is 1. The van der Waals surface area contributed by atoms with Crippen LogP contribution in [0.15, 0.2) is 4.99 Å². The zero-order valence-electron chi connectivity index (χ0n) is 15.1. The lowest BCUT2D eigenvalue weighted by molar-refractivity contribution is -0.127. The third-order valence-electron chi connectivity index (χ3n) is 4.59. The van der Waals surface area contributed by atoms with Gasteiger partial charge in [0.15, 0.2) is 5.96 Å². The molecule has 0 aromatic heterocycles. The summed E-state index contributed by atoms with van der Waals surface area (Å²) in [6, 6.07) is 0.469. The summed E-state index contributed by atoms with van der Waals surface area (Å²) in [5.41, 5.74) is 0. The monoisotopic (exact) mass is 452 g/mol. The van der Waals surface area contributed by atoms with Gasteiger partial charge in [-0.05, 0) is 32.1 Å². The second kappa shape index (κ2) is 11.9. The van der Waals surface area contributed by atoms with Crippen molar-refractivity contribution in [2.75, 3.05) is 33.8 Å². The molecule has 7 heteroatoms. The fourth-order valence-electron chi connectivity index (χ4n) is 3.06. The van der Waals surface area contributed by atoms with E-state index < -0.39 is 0 Å². The maximum Gasteiger partial charge on any atom is 0.243 e. The number of likely N-dealkylation sites (N-methyl/N-ethyl adjacent to an activating group) is 1. The van der Waals surface area contributed by atoms with Crippen molar-refractivity contribution in [3.05, 3.63) is 0 Å². The Morgan fingerprint density at radius 2 is 1.83 bits per heavy atom. The lowest BCUT2D eigenvalue weighted by Gasteiger charge is -2.27. The van der Waals surface area contributed by atoms with Crippen LogP contribution in [0.5, 0.6) is 0 Å². The van der Waals surface area contributed by atoms with Crippen LogP contribution in [0, 0.1) is 0 Å². The van der Waals surface area contributed by atoms with E-state index >= 15 is 0 Å². The Balaban J connectivity index is 0.00000288. The molecule has 1 aliphatic heterocycles. The van der Waals surface area contributed by atoms with E-state index in [9.17, 15) is 4.79 Å². The molecule has 0 aromatic rings. The number of hydrogen-bond donors (Lipinski definition) is 2. The third-order valence-corrected chi connectivity index (χ3v) is 4.59. The summed E-state index contributed by atoms with van der Waals surface area (Å²) in [7, 11) is 3.52. The second-order valence-corrected chi connectivity index (χ2v) is 6.80. The van der Waals surface area contributed by atoms with E-state index in [1.807, 2.05) is 0 Å². The quantitative estimate of drug-likeness (QED) is 0.381. The van der Waals surface area contributed by atoms with Gasteiger partial charge in [-0.15, -0.1) is 24.0 Å². The average molecular weight is 452 g/mol. The minimum absolute atomic E-state index is 0. The van der Waals surface area contributed by atoms with E-state index in [-0.39, 0.29) is 42.5 Å². The Morgan fingerprint density at radius 1 is 1.12 bits per heavy atom. The highest BCUT2D eigenvalue weighted by atomic mass is 127. The van der Waals surface area contributed by atoms with Gasteiger partial charge in [0.25, 0.3) is 0 Å². The van der Waals surface area contributed by atoms with Crippen molar-refractivity contribution >= 4 is 35.8 Å². The SMILES string of the molecule is CN(C)C(=O)CN=C(NCC1CCCCO1)NC1CCCCC1.I. The lowest BCUT2D eigenvalue weighted by Crippen LogP contribution is -2.47. The highest BCUT2D eigenvalue weighted by Gasteiger charge is 2.17. The van der Waals surface area contributed by atoms with Crippen LogP contribution in [-0.2, 0) is 9.53 Å². The molecule has 1 atom stereocenters. The molecule has 24 heavy (non-hydrogen) atoms. The molecule has 1 unspecified atom stereocenters. The summed E-state index contributed by atoms with van der Waals surface area (Å²) < 4.78 is 5.76. The highest BCUT2D eigenvalue weighted by Crippen LogP contribution is 2.17. The number of halogens is 1. The molecule has 1 heterocycles. The fraction of sp³-hybridized carbons (Fsp3) is 0.882. The molecule has 1 aliphatic carbocycles. The Bertz CT molecular complexity index is 392. The Morgan fingerprint density at radius 3 is 2.46 bits per heavy atom. The predicted molar refractivity (Wildman–Crippen MR) is 108 cm³/mol.